The zero-order valence-electron chi connectivity index (χ0n) is 55.6. The molecule has 0 spiro atoms. The maximum Gasteiger partial charge on any atom is 0.306 e. The molecule has 0 aromatic carbocycles. The predicted octanol–water partition coefficient (Wildman–Crippen LogP) is 13.8. The first-order valence-electron chi connectivity index (χ1n) is 35.3. The average Bonchev–Trinajstić information content (AvgIpc) is 2.30. The summed E-state index contributed by atoms with van der Waals surface area (Å²) in [6.45, 7) is 16.2. The van der Waals surface area contributed by atoms with E-state index in [1.54, 1.807) is 0 Å². The van der Waals surface area contributed by atoms with Gasteiger partial charge in [0.05, 0.1) is 37.6 Å². The Morgan fingerprint density at radius 2 is 0.686 bits per heavy atom. The average molecular weight is 1220 g/mol. The number of aliphatic hydroxyl groups excluding tert-OH is 4. The zero-order valence-corrected chi connectivity index (χ0v) is 55.6. The van der Waals surface area contributed by atoms with Crippen molar-refractivity contribution in [2.75, 3.05) is 65.7 Å². The molecule has 0 amide bonds. The number of nitrogens with zero attached hydrogens (tertiary/aromatic N) is 2. The third-order valence-electron chi connectivity index (χ3n) is 16.2. The van der Waals surface area contributed by atoms with E-state index >= 15 is 0 Å². The molecular formula is C70H130N2O14. The first-order chi connectivity index (χ1) is 41.9. The highest BCUT2D eigenvalue weighted by Crippen LogP contribution is 2.31. The molecule has 8 atom stereocenters. The fourth-order valence-corrected chi connectivity index (χ4v) is 11.2. The van der Waals surface area contributed by atoms with E-state index in [9.17, 15) is 39.6 Å². The quantitative estimate of drug-likeness (QED) is 0.0193. The summed E-state index contributed by atoms with van der Waals surface area (Å²) in [4.78, 5) is 55.1. The van der Waals surface area contributed by atoms with E-state index in [2.05, 4.69) is 44.7 Å². The van der Waals surface area contributed by atoms with Gasteiger partial charge in [-0.05, 0) is 90.1 Å². The lowest BCUT2D eigenvalue weighted by atomic mass is 10.1. The Morgan fingerprint density at radius 3 is 1.02 bits per heavy atom. The summed E-state index contributed by atoms with van der Waals surface area (Å²) in [6.07, 6.45) is 37.5. The van der Waals surface area contributed by atoms with Gasteiger partial charge in [-0.15, -0.1) is 0 Å². The minimum absolute atomic E-state index is 0.105. The maximum absolute atomic E-state index is 13.3. The highest BCUT2D eigenvalue weighted by Gasteiger charge is 2.51. The van der Waals surface area contributed by atoms with Crippen molar-refractivity contribution in [3.63, 3.8) is 0 Å². The van der Waals surface area contributed by atoms with Crippen LogP contribution in [0.1, 0.15) is 286 Å². The number of aliphatic hydroxyl groups is 4. The Bertz CT molecular complexity index is 1590. The Hall–Kier alpha value is -2.96. The second-order valence-electron chi connectivity index (χ2n) is 24.3. The third-order valence-corrected chi connectivity index (χ3v) is 16.2. The van der Waals surface area contributed by atoms with Crippen LogP contribution in [0, 0.1) is 0 Å². The molecule has 0 aliphatic carbocycles. The van der Waals surface area contributed by atoms with E-state index < -0.39 is 54.8 Å². The number of ether oxygens (including phenoxy) is 6. The van der Waals surface area contributed by atoms with Crippen LogP contribution < -0.4 is 0 Å². The van der Waals surface area contributed by atoms with Gasteiger partial charge in [0.1, 0.15) is 25.4 Å². The van der Waals surface area contributed by atoms with Crippen LogP contribution in [0.5, 0.6) is 0 Å². The van der Waals surface area contributed by atoms with Gasteiger partial charge in [-0.3, -0.25) is 29.0 Å². The first-order valence-corrected chi connectivity index (χ1v) is 35.3. The van der Waals surface area contributed by atoms with E-state index in [1.165, 1.54) is 89.9 Å². The number of carbonyl (C=O) groups excluding carboxylic acids is 4. The fourth-order valence-electron chi connectivity index (χ4n) is 11.2. The van der Waals surface area contributed by atoms with Crippen molar-refractivity contribution in [1.29, 1.82) is 0 Å². The van der Waals surface area contributed by atoms with E-state index in [0.29, 0.717) is 104 Å². The highest BCUT2D eigenvalue weighted by molar-refractivity contribution is 5.70. The normalized spacial score (nSPS) is 18.1. The van der Waals surface area contributed by atoms with Gasteiger partial charge in [-0.2, -0.15) is 0 Å². The van der Waals surface area contributed by atoms with Crippen LogP contribution >= 0.6 is 0 Å². The van der Waals surface area contributed by atoms with Crippen molar-refractivity contribution < 1.29 is 68.0 Å². The summed E-state index contributed by atoms with van der Waals surface area (Å²) >= 11 is 0. The minimum Gasteiger partial charge on any atom is -0.461 e. The molecule has 2 aliphatic heterocycles. The maximum atomic E-state index is 13.3. The Kier molecular flexibility index (Phi) is 53.9. The molecule has 0 radical (unpaired) electrons. The van der Waals surface area contributed by atoms with Gasteiger partial charge in [0, 0.05) is 51.9 Å². The van der Waals surface area contributed by atoms with Gasteiger partial charge < -0.3 is 48.8 Å². The van der Waals surface area contributed by atoms with Crippen molar-refractivity contribution in [2.24, 2.45) is 0 Å². The SMILES string of the molecule is CC.CCCCCC/C=C\COC(=O)CCCCCC(O)CN(CCCC(=O)OC1COC2C(OC(=O)CCCN(CC(O)CCCCCCCC)CC(O)CCCCCCCC)COC12)CC(O)CCCCCC(=O)OC/C=C\CCCCCC. The number of rotatable bonds is 58. The summed E-state index contributed by atoms with van der Waals surface area (Å²) in [6, 6.07) is 0. The van der Waals surface area contributed by atoms with Gasteiger partial charge >= 0.3 is 23.9 Å². The van der Waals surface area contributed by atoms with E-state index in [-0.39, 0.29) is 44.0 Å². The summed E-state index contributed by atoms with van der Waals surface area (Å²) in [5.74, 6) is -1.22. The van der Waals surface area contributed by atoms with Crippen LogP contribution in [0.25, 0.3) is 0 Å². The lowest BCUT2D eigenvalue weighted by molar-refractivity contribution is -0.155. The third kappa shape index (κ3) is 45.3. The van der Waals surface area contributed by atoms with E-state index in [0.717, 1.165) is 89.9 Å². The second-order valence-corrected chi connectivity index (χ2v) is 24.3. The van der Waals surface area contributed by atoms with Crippen molar-refractivity contribution in [3.8, 4) is 0 Å². The Balaban J connectivity index is 0.0000183. The lowest BCUT2D eigenvalue weighted by Gasteiger charge is -2.27. The number of carbonyl (C=O) groups is 4. The van der Waals surface area contributed by atoms with Gasteiger partial charge in [-0.1, -0.05) is 207 Å². The minimum atomic E-state index is -0.665. The molecule has 2 saturated heterocycles. The van der Waals surface area contributed by atoms with Crippen molar-refractivity contribution in [3.05, 3.63) is 24.3 Å². The molecule has 8 unspecified atom stereocenters. The van der Waals surface area contributed by atoms with Crippen LogP contribution in [-0.4, -0.2) is 169 Å². The second kappa shape index (κ2) is 57.2. The summed E-state index contributed by atoms with van der Waals surface area (Å²) in [7, 11) is 0. The van der Waals surface area contributed by atoms with Crippen molar-refractivity contribution in [1.82, 2.24) is 9.80 Å². The van der Waals surface area contributed by atoms with Crippen LogP contribution in [0.2, 0.25) is 0 Å². The molecule has 0 saturated carbocycles. The van der Waals surface area contributed by atoms with Gasteiger partial charge in [0.15, 0.2) is 12.2 Å². The fraction of sp³-hybridized carbons (Fsp3) is 0.886. The number of esters is 4. The van der Waals surface area contributed by atoms with Gasteiger partial charge in [-0.25, -0.2) is 0 Å². The Labute approximate surface area is 524 Å². The van der Waals surface area contributed by atoms with Gasteiger partial charge in [0.2, 0.25) is 0 Å². The first kappa shape index (κ1) is 81.1. The number of hydrogen-bond donors (Lipinski definition) is 4. The molecule has 2 fully saturated rings. The molecule has 16 heteroatoms. The van der Waals surface area contributed by atoms with Gasteiger partial charge in [0.25, 0.3) is 0 Å². The summed E-state index contributed by atoms with van der Waals surface area (Å²) < 4.78 is 34.5. The van der Waals surface area contributed by atoms with Crippen molar-refractivity contribution in [2.45, 2.75) is 334 Å². The Morgan fingerprint density at radius 1 is 0.395 bits per heavy atom. The molecule has 86 heavy (non-hydrogen) atoms. The summed E-state index contributed by atoms with van der Waals surface area (Å²) in [5, 5.41) is 44.2. The topological polar surface area (TPSA) is 211 Å². The number of unbranched alkanes of at least 4 members (excludes halogenated alkanes) is 22. The molecule has 16 nitrogen and oxygen atoms in total. The monoisotopic (exact) mass is 1220 g/mol. The number of hydrogen-bond acceptors (Lipinski definition) is 16. The van der Waals surface area contributed by atoms with Crippen LogP contribution in [0.15, 0.2) is 24.3 Å². The van der Waals surface area contributed by atoms with Crippen LogP contribution in [0.4, 0.5) is 0 Å². The molecule has 0 bridgehead atoms. The largest absolute Gasteiger partial charge is 0.461 e. The molecule has 2 rings (SSSR count). The smallest absolute Gasteiger partial charge is 0.306 e. The molecule has 0 aromatic heterocycles. The number of allylic oxidation sites excluding steroid dienone is 2. The molecule has 0 aromatic rings. The van der Waals surface area contributed by atoms with Crippen LogP contribution in [0.3, 0.4) is 0 Å². The molecule has 4 N–H and O–H groups in total. The number of fused-ring (bicyclic) bond motifs is 1. The molecule has 2 heterocycles. The van der Waals surface area contributed by atoms with E-state index in [1.807, 2.05) is 30.9 Å². The summed E-state index contributed by atoms with van der Waals surface area (Å²) in [5.41, 5.74) is 0. The van der Waals surface area contributed by atoms with Crippen molar-refractivity contribution >= 4 is 23.9 Å². The molecular weight excluding hydrogens is 1090 g/mol. The van der Waals surface area contributed by atoms with E-state index in [4.69, 9.17) is 28.4 Å². The molecule has 504 valence electrons. The highest BCUT2D eigenvalue weighted by atomic mass is 16.7. The standard InChI is InChI=1S/C68H124N2O14.C2H6/c1-5-9-13-17-21-25-35-49-79-63(75)43-33-27-31-41-59(73)53-70(54-60(74)42-32-28-34-44-64(76)80-50-36-26-22-18-14-10-6-2)48-38-46-66(78)84-62-56-82-67-61(55-81-68(62)67)83-65(77)45-37-47-69(51-57(71)39-29-23-19-15-11-7-3)52-58(72)40-30-24-20-16-12-8-4;1-2/h25-26,35-36,57-62,67-68,71-74H,5-24,27-34,37-56H2,1-4H3;1-2H3/b35-25-,36-26-;. The zero-order chi connectivity index (χ0) is 63.1. The molecule has 2 aliphatic rings. The predicted molar refractivity (Wildman–Crippen MR) is 346 cm³/mol. The van der Waals surface area contributed by atoms with Crippen LogP contribution in [-0.2, 0) is 47.6 Å². The lowest BCUT2D eigenvalue weighted by Crippen LogP contribution is -2.39.